The van der Waals surface area contributed by atoms with Crippen molar-refractivity contribution in [1.82, 2.24) is 0 Å². The summed E-state index contributed by atoms with van der Waals surface area (Å²) in [6.45, 7) is 7.93. The van der Waals surface area contributed by atoms with Crippen molar-refractivity contribution in [1.29, 1.82) is 0 Å². The average molecular weight is 252 g/mol. The number of allylic oxidation sites excluding steroid dienone is 2. The van der Waals surface area contributed by atoms with E-state index in [1.165, 1.54) is 0 Å². The van der Waals surface area contributed by atoms with E-state index in [4.69, 9.17) is 5.11 Å². The topological polar surface area (TPSA) is 57.5 Å². The highest BCUT2D eigenvalue weighted by Gasteiger charge is 2.47. The van der Waals surface area contributed by atoms with Crippen molar-refractivity contribution in [2.45, 2.75) is 52.6 Å². The van der Waals surface area contributed by atoms with Gasteiger partial charge < -0.3 is 10.2 Å². The molecule has 1 rings (SSSR count). The van der Waals surface area contributed by atoms with Crippen molar-refractivity contribution in [2.24, 2.45) is 11.3 Å². The van der Waals surface area contributed by atoms with Gasteiger partial charge in [0.1, 0.15) is 0 Å². The zero-order valence-corrected chi connectivity index (χ0v) is 11.7. The van der Waals surface area contributed by atoms with Crippen molar-refractivity contribution >= 4 is 5.97 Å². The Kier molecular flexibility index (Phi) is 4.38. The van der Waals surface area contributed by atoms with Gasteiger partial charge in [0.25, 0.3) is 0 Å². The van der Waals surface area contributed by atoms with Gasteiger partial charge in [-0.25, -0.2) is 4.79 Å². The van der Waals surface area contributed by atoms with Gasteiger partial charge in [-0.05, 0) is 36.7 Å². The summed E-state index contributed by atoms with van der Waals surface area (Å²) in [7, 11) is 0. The minimum atomic E-state index is -0.958. The number of aliphatic hydroxyl groups is 1. The summed E-state index contributed by atoms with van der Waals surface area (Å²) in [6, 6.07) is 0. The summed E-state index contributed by atoms with van der Waals surface area (Å²) >= 11 is 0. The van der Waals surface area contributed by atoms with Crippen LogP contribution in [0.4, 0.5) is 0 Å². The summed E-state index contributed by atoms with van der Waals surface area (Å²) in [5.74, 6) is -0.768. The van der Waals surface area contributed by atoms with Crippen LogP contribution in [0.1, 0.15) is 47.0 Å². The van der Waals surface area contributed by atoms with E-state index in [0.717, 1.165) is 25.3 Å². The molecule has 0 aromatic carbocycles. The molecule has 2 unspecified atom stereocenters. The lowest BCUT2D eigenvalue weighted by Crippen LogP contribution is -2.50. The third-order valence-corrected chi connectivity index (χ3v) is 4.23. The number of aliphatic carboxylic acids is 1. The Morgan fingerprint density at radius 3 is 2.50 bits per heavy atom. The highest BCUT2D eigenvalue weighted by Crippen LogP contribution is 2.47. The first kappa shape index (κ1) is 15.0. The molecule has 2 atom stereocenters. The second-order valence-electron chi connectivity index (χ2n) is 6.06. The predicted molar refractivity (Wildman–Crippen MR) is 72.3 cm³/mol. The number of rotatable bonds is 3. The predicted octanol–water partition coefficient (Wildman–Crippen LogP) is 3.15. The molecule has 1 saturated carbocycles. The number of hydrogen-bond donors (Lipinski definition) is 2. The first-order valence-corrected chi connectivity index (χ1v) is 6.52. The highest BCUT2D eigenvalue weighted by molar-refractivity contribution is 5.81. The van der Waals surface area contributed by atoms with E-state index in [2.05, 4.69) is 20.8 Å². The maximum atomic E-state index is 10.9. The zero-order chi connectivity index (χ0) is 14.0. The SMILES string of the molecule is CC(C=CC1(O)C(C)CCCC1(C)C)=CC(=O)O. The molecule has 0 bridgehead atoms. The van der Waals surface area contributed by atoms with E-state index < -0.39 is 11.6 Å². The van der Waals surface area contributed by atoms with Gasteiger partial charge in [-0.1, -0.05) is 39.3 Å². The van der Waals surface area contributed by atoms with Gasteiger partial charge in [0.2, 0.25) is 0 Å². The molecule has 0 spiro atoms. The molecule has 1 aliphatic rings. The van der Waals surface area contributed by atoms with E-state index in [9.17, 15) is 9.90 Å². The molecule has 0 saturated heterocycles. The van der Waals surface area contributed by atoms with Crippen molar-refractivity contribution in [3.05, 3.63) is 23.8 Å². The van der Waals surface area contributed by atoms with E-state index >= 15 is 0 Å². The van der Waals surface area contributed by atoms with Gasteiger partial charge >= 0.3 is 5.97 Å². The van der Waals surface area contributed by atoms with Gasteiger partial charge in [0, 0.05) is 6.08 Å². The summed E-state index contributed by atoms with van der Waals surface area (Å²) in [5, 5.41) is 19.6. The standard InChI is InChI=1S/C15H24O3/c1-11(10-13(16)17)7-9-15(18)12(2)6-5-8-14(15,3)4/h7,9-10,12,18H,5-6,8H2,1-4H3,(H,16,17). The molecule has 0 amide bonds. The van der Waals surface area contributed by atoms with E-state index in [0.29, 0.717) is 5.57 Å². The van der Waals surface area contributed by atoms with Crippen LogP contribution < -0.4 is 0 Å². The molecule has 1 aliphatic carbocycles. The monoisotopic (exact) mass is 252 g/mol. The maximum absolute atomic E-state index is 10.9. The first-order valence-electron chi connectivity index (χ1n) is 6.52. The van der Waals surface area contributed by atoms with Crippen LogP contribution in [0.15, 0.2) is 23.8 Å². The molecule has 0 radical (unpaired) electrons. The Bertz CT molecular complexity index is 379. The lowest BCUT2D eigenvalue weighted by molar-refractivity contribution is -0.131. The third kappa shape index (κ3) is 3.02. The van der Waals surface area contributed by atoms with E-state index in [1.807, 2.05) is 0 Å². The third-order valence-electron chi connectivity index (χ3n) is 4.23. The van der Waals surface area contributed by atoms with Crippen molar-refractivity contribution in [2.75, 3.05) is 0 Å². The molecule has 2 N–H and O–H groups in total. The normalized spacial score (nSPS) is 32.7. The highest BCUT2D eigenvalue weighted by atomic mass is 16.4. The summed E-state index contributed by atoms with van der Waals surface area (Å²) < 4.78 is 0. The Balaban J connectivity index is 2.97. The molecular weight excluding hydrogens is 228 g/mol. The Morgan fingerprint density at radius 2 is 2.00 bits per heavy atom. The fraction of sp³-hybridized carbons (Fsp3) is 0.667. The fourth-order valence-electron chi connectivity index (χ4n) is 2.83. The van der Waals surface area contributed by atoms with Gasteiger partial charge in [-0.15, -0.1) is 0 Å². The number of carboxylic acid groups (broad SMARTS) is 1. The molecule has 0 aliphatic heterocycles. The van der Waals surface area contributed by atoms with Crippen LogP contribution >= 0.6 is 0 Å². The van der Waals surface area contributed by atoms with E-state index in [-0.39, 0.29) is 11.3 Å². The molecular formula is C15H24O3. The summed E-state index contributed by atoms with van der Waals surface area (Å²) in [6.07, 6.45) is 7.78. The minimum absolute atomic E-state index is 0.176. The second kappa shape index (κ2) is 5.27. The van der Waals surface area contributed by atoms with Gasteiger partial charge in [-0.2, -0.15) is 0 Å². The summed E-state index contributed by atoms with van der Waals surface area (Å²) in [5.41, 5.74) is -0.395. The van der Waals surface area contributed by atoms with Crippen LogP contribution in [0, 0.1) is 11.3 Å². The van der Waals surface area contributed by atoms with Crippen LogP contribution in [-0.4, -0.2) is 21.8 Å². The first-order chi connectivity index (χ1) is 8.19. The lowest BCUT2D eigenvalue weighted by Gasteiger charge is -2.49. The van der Waals surface area contributed by atoms with Crippen LogP contribution in [0.5, 0.6) is 0 Å². The number of carboxylic acids is 1. The van der Waals surface area contributed by atoms with Crippen molar-refractivity contribution < 1.29 is 15.0 Å². The average Bonchev–Trinajstić information content (AvgIpc) is 2.22. The van der Waals surface area contributed by atoms with Crippen LogP contribution in [0.25, 0.3) is 0 Å². The van der Waals surface area contributed by atoms with Gasteiger partial charge in [0.05, 0.1) is 5.60 Å². The second-order valence-corrected chi connectivity index (χ2v) is 6.06. The largest absolute Gasteiger partial charge is 0.478 e. The molecule has 3 nitrogen and oxygen atoms in total. The van der Waals surface area contributed by atoms with Crippen LogP contribution in [0.2, 0.25) is 0 Å². The Morgan fingerprint density at radius 1 is 1.39 bits per heavy atom. The molecule has 3 heteroatoms. The van der Waals surface area contributed by atoms with Gasteiger partial charge in [-0.3, -0.25) is 0 Å². The number of carbonyl (C=O) groups is 1. The molecule has 18 heavy (non-hydrogen) atoms. The Hall–Kier alpha value is -1.09. The quantitative estimate of drug-likeness (QED) is 0.599. The molecule has 0 aromatic rings. The lowest BCUT2D eigenvalue weighted by atomic mass is 9.60. The van der Waals surface area contributed by atoms with Crippen LogP contribution in [0.3, 0.4) is 0 Å². The zero-order valence-electron chi connectivity index (χ0n) is 11.7. The van der Waals surface area contributed by atoms with Crippen molar-refractivity contribution in [3.63, 3.8) is 0 Å². The molecule has 0 aromatic heterocycles. The van der Waals surface area contributed by atoms with Crippen LogP contribution in [-0.2, 0) is 4.79 Å². The molecule has 1 fully saturated rings. The smallest absolute Gasteiger partial charge is 0.328 e. The Labute approximate surface area is 109 Å². The summed E-state index contributed by atoms with van der Waals surface area (Å²) in [4.78, 5) is 10.6. The fourth-order valence-corrected chi connectivity index (χ4v) is 2.83. The maximum Gasteiger partial charge on any atom is 0.328 e. The van der Waals surface area contributed by atoms with E-state index in [1.54, 1.807) is 19.1 Å². The van der Waals surface area contributed by atoms with Gasteiger partial charge in [0.15, 0.2) is 0 Å². The molecule has 102 valence electrons. The molecule has 0 heterocycles. The number of hydrogen-bond acceptors (Lipinski definition) is 2. The minimum Gasteiger partial charge on any atom is -0.478 e. The van der Waals surface area contributed by atoms with Crippen molar-refractivity contribution in [3.8, 4) is 0 Å².